The molecule has 0 amide bonds. The third kappa shape index (κ3) is 9.41. The van der Waals surface area contributed by atoms with Crippen molar-refractivity contribution in [1.29, 1.82) is 0 Å². The molecular weight excluding hydrogens is 643 g/mol. The van der Waals surface area contributed by atoms with Gasteiger partial charge in [0, 0.05) is 11.1 Å². The molecule has 13 heteroatoms. The molecule has 0 radical (unpaired) electrons. The van der Waals surface area contributed by atoms with Crippen LogP contribution in [0.5, 0.6) is 11.5 Å². The fourth-order valence-electron chi connectivity index (χ4n) is 3.82. The van der Waals surface area contributed by atoms with Gasteiger partial charge in [0.2, 0.25) is 0 Å². The van der Waals surface area contributed by atoms with Crippen molar-refractivity contribution >= 4 is 23.2 Å². The van der Waals surface area contributed by atoms with Crippen LogP contribution in [0, 0.1) is 12.3 Å². The largest absolute Gasteiger partial charge is 0.487 e. The van der Waals surface area contributed by atoms with E-state index >= 15 is 0 Å². The number of hydrogen-bond acceptors (Lipinski definition) is 4. The van der Waals surface area contributed by atoms with Crippen LogP contribution in [0.15, 0.2) is 91.1 Å². The standard InChI is InChI=1S/C16H11ClF3N3O.C16H10ClF3O/c17-13-7-12(16(18,19)20)4-5-15(13)24-9-10-2-1-3-11(6-10)14-8-21-23-22-14;1-2-11-4-3-5-12(8-11)10-21-15-7-6-13(9-14(15)17)16(18,19)20/h1-8H,9H2,(H,21,22,23);1,3-9H,10H2. The van der Waals surface area contributed by atoms with Gasteiger partial charge in [0.15, 0.2) is 0 Å². The Morgan fingerprint density at radius 3 is 1.71 bits per heavy atom. The van der Waals surface area contributed by atoms with Crippen molar-refractivity contribution in [3.8, 4) is 35.1 Å². The molecule has 0 aliphatic rings. The Morgan fingerprint density at radius 2 is 1.24 bits per heavy atom. The summed E-state index contributed by atoms with van der Waals surface area (Å²) in [5, 5.41) is 10.1. The first-order valence-electron chi connectivity index (χ1n) is 12.8. The summed E-state index contributed by atoms with van der Waals surface area (Å²) in [7, 11) is 0. The van der Waals surface area contributed by atoms with Gasteiger partial charge in [0.05, 0.1) is 27.4 Å². The highest BCUT2D eigenvalue weighted by Crippen LogP contribution is 2.36. The molecule has 4 aromatic carbocycles. The van der Waals surface area contributed by atoms with Gasteiger partial charge < -0.3 is 9.47 Å². The topological polar surface area (TPSA) is 60.0 Å². The number of nitrogens with one attached hydrogen (secondary N) is 1. The van der Waals surface area contributed by atoms with Gasteiger partial charge in [-0.1, -0.05) is 59.5 Å². The van der Waals surface area contributed by atoms with Gasteiger partial charge in [-0.25, -0.2) is 0 Å². The first-order valence-corrected chi connectivity index (χ1v) is 13.6. The van der Waals surface area contributed by atoms with Crippen LogP contribution >= 0.6 is 23.2 Å². The summed E-state index contributed by atoms with van der Waals surface area (Å²) in [5.41, 5.74) is 2.25. The molecule has 1 heterocycles. The second-order valence-electron chi connectivity index (χ2n) is 9.26. The maximum atomic E-state index is 12.6. The number of halogens is 8. The molecule has 5 nitrogen and oxygen atoms in total. The number of rotatable bonds is 7. The van der Waals surface area contributed by atoms with Crippen LogP contribution < -0.4 is 9.47 Å². The van der Waals surface area contributed by atoms with Crippen LogP contribution in [0.1, 0.15) is 27.8 Å². The summed E-state index contributed by atoms with van der Waals surface area (Å²) in [6.45, 7) is 0.331. The number of aromatic amines is 1. The Balaban J connectivity index is 0.000000207. The maximum absolute atomic E-state index is 12.6. The molecule has 0 fully saturated rings. The molecule has 0 spiro atoms. The van der Waals surface area contributed by atoms with Crippen molar-refractivity contribution in [2.75, 3.05) is 0 Å². The van der Waals surface area contributed by atoms with Gasteiger partial charge in [-0.05, 0) is 65.7 Å². The van der Waals surface area contributed by atoms with Gasteiger partial charge in [0.1, 0.15) is 30.4 Å². The van der Waals surface area contributed by atoms with E-state index in [0.29, 0.717) is 11.3 Å². The number of ether oxygens (including phenoxy) is 2. The summed E-state index contributed by atoms with van der Waals surface area (Å²) in [4.78, 5) is 0. The molecule has 5 rings (SSSR count). The first kappa shape index (κ1) is 33.2. The average molecular weight is 664 g/mol. The third-order valence-corrected chi connectivity index (χ3v) is 6.63. The van der Waals surface area contributed by atoms with E-state index in [1.807, 2.05) is 24.3 Å². The van der Waals surface area contributed by atoms with Crippen LogP contribution in [0.25, 0.3) is 11.3 Å². The zero-order valence-electron chi connectivity index (χ0n) is 22.9. The molecule has 45 heavy (non-hydrogen) atoms. The molecule has 1 aromatic heterocycles. The number of H-pyrrole nitrogens is 1. The van der Waals surface area contributed by atoms with E-state index in [9.17, 15) is 26.3 Å². The molecule has 0 bridgehead atoms. The van der Waals surface area contributed by atoms with E-state index in [0.717, 1.165) is 41.0 Å². The van der Waals surface area contributed by atoms with Crippen LogP contribution in [0.3, 0.4) is 0 Å². The Labute approximate surface area is 263 Å². The summed E-state index contributed by atoms with van der Waals surface area (Å²) >= 11 is 11.7. The van der Waals surface area contributed by atoms with Crippen LogP contribution in [0.2, 0.25) is 10.0 Å². The minimum Gasteiger partial charge on any atom is -0.487 e. The van der Waals surface area contributed by atoms with Crippen LogP contribution in [0.4, 0.5) is 26.3 Å². The lowest BCUT2D eigenvalue weighted by atomic mass is 10.1. The van der Waals surface area contributed by atoms with Gasteiger partial charge >= 0.3 is 12.4 Å². The minimum absolute atomic E-state index is 0.0853. The van der Waals surface area contributed by atoms with Gasteiger partial charge in [0.25, 0.3) is 0 Å². The van der Waals surface area contributed by atoms with Crippen LogP contribution in [-0.4, -0.2) is 15.4 Å². The van der Waals surface area contributed by atoms with E-state index in [1.165, 1.54) is 12.1 Å². The Morgan fingerprint density at radius 1 is 0.711 bits per heavy atom. The minimum atomic E-state index is -4.44. The number of alkyl halides is 6. The lowest BCUT2D eigenvalue weighted by molar-refractivity contribution is -0.138. The summed E-state index contributed by atoms with van der Waals surface area (Å²) < 4.78 is 86.3. The Bertz CT molecular complexity index is 1790. The van der Waals surface area contributed by atoms with E-state index in [2.05, 4.69) is 21.3 Å². The van der Waals surface area contributed by atoms with Crippen LogP contribution in [-0.2, 0) is 25.6 Å². The van der Waals surface area contributed by atoms with E-state index in [-0.39, 0.29) is 34.8 Å². The quantitative estimate of drug-likeness (QED) is 0.139. The van der Waals surface area contributed by atoms with Crippen molar-refractivity contribution in [3.05, 3.63) is 129 Å². The molecule has 232 valence electrons. The maximum Gasteiger partial charge on any atom is 0.416 e. The monoisotopic (exact) mass is 663 g/mol. The van der Waals surface area contributed by atoms with E-state index in [4.69, 9.17) is 39.1 Å². The SMILES string of the molecule is C#Cc1cccc(COc2ccc(C(F)(F)F)cc2Cl)c1.FC(F)(F)c1ccc(OCc2cccc(-c3cn[nH]n3)c2)c(Cl)c1. The fraction of sp³-hybridized carbons (Fsp3) is 0.125. The highest BCUT2D eigenvalue weighted by Gasteiger charge is 2.31. The second-order valence-corrected chi connectivity index (χ2v) is 10.1. The third-order valence-electron chi connectivity index (χ3n) is 6.04. The highest BCUT2D eigenvalue weighted by atomic mass is 35.5. The molecule has 0 atom stereocenters. The van der Waals surface area contributed by atoms with Gasteiger partial charge in [-0.3, -0.25) is 0 Å². The van der Waals surface area contributed by atoms with Crippen molar-refractivity contribution in [1.82, 2.24) is 15.4 Å². The van der Waals surface area contributed by atoms with Crippen molar-refractivity contribution in [2.45, 2.75) is 25.6 Å². The van der Waals surface area contributed by atoms with Crippen molar-refractivity contribution in [3.63, 3.8) is 0 Å². The number of terminal acetylenes is 1. The van der Waals surface area contributed by atoms with Gasteiger partial charge in [-0.2, -0.15) is 41.8 Å². The Hall–Kier alpha value is -4.66. The molecule has 0 saturated heterocycles. The highest BCUT2D eigenvalue weighted by molar-refractivity contribution is 6.32. The molecular formula is C32H21Cl2F6N3O2. The zero-order chi connectivity index (χ0) is 32.6. The zero-order valence-corrected chi connectivity index (χ0v) is 24.4. The average Bonchev–Trinajstić information content (AvgIpc) is 3.55. The van der Waals surface area contributed by atoms with E-state index < -0.39 is 23.5 Å². The first-order chi connectivity index (χ1) is 21.3. The molecule has 0 aliphatic heterocycles. The number of nitrogens with zero attached hydrogens (tertiary/aromatic N) is 2. The Kier molecular flexibility index (Phi) is 10.6. The molecule has 0 aliphatic carbocycles. The van der Waals surface area contributed by atoms with Crippen molar-refractivity contribution < 1.29 is 35.8 Å². The molecule has 0 saturated carbocycles. The summed E-state index contributed by atoms with van der Waals surface area (Å²) in [6, 6.07) is 20.5. The molecule has 5 aromatic rings. The van der Waals surface area contributed by atoms with E-state index in [1.54, 1.807) is 30.5 Å². The predicted octanol–water partition coefficient (Wildman–Crippen LogP) is 9.64. The summed E-state index contributed by atoms with van der Waals surface area (Å²) in [5.74, 6) is 2.88. The predicted molar refractivity (Wildman–Crippen MR) is 158 cm³/mol. The molecule has 1 N–H and O–H groups in total. The number of aromatic nitrogens is 3. The lowest BCUT2D eigenvalue weighted by Gasteiger charge is -2.11. The smallest absolute Gasteiger partial charge is 0.416 e. The number of hydrogen-bond donors (Lipinski definition) is 1. The molecule has 0 unspecified atom stereocenters. The summed E-state index contributed by atoms with van der Waals surface area (Å²) in [6.07, 6.45) is -1.98. The fourth-order valence-corrected chi connectivity index (χ4v) is 4.29. The number of benzene rings is 4. The second kappa shape index (κ2) is 14.4. The lowest BCUT2D eigenvalue weighted by Crippen LogP contribution is -2.05. The normalized spacial score (nSPS) is 11.3. The van der Waals surface area contributed by atoms with Crippen molar-refractivity contribution in [2.24, 2.45) is 0 Å². The van der Waals surface area contributed by atoms with Gasteiger partial charge in [-0.15, -0.1) is 6.42 Å².